The first-order valence-corrected chi connectivity index (χ1v) is 12.4. The monoisotopic (exact) mass is 458 g/mol. The highest BCUT2D eigenvalue weighted by Crippen LogP contribution is 2.39. The number of nitrogens with zero attached hydrogens (tertiary/aromatic N) is 1. The van der Waals surface area contributed by atoms with Gasteiger partial charge in [-0.1, -0.05) is 6.07 Å². The molecule has 3 unspecified atom stereocenters. The Labute approximate surface area is 183 Å². The zero-order valence-electron chi connectivity index (χ0n) is 17.7. The van der Waals surface area contributed by atoms with Crippen LogP contribution in [-0.4, -0.2) is 57.9 Å². The van der Waals surface area contributed by atoms with E-state index in [4.69, 9.17) is 4.74 Å². The Balaban J connectivity index is 1.49. The van der Waals surface area contributed by atoms with Crippen LogP contribution in [0.2, 0.25) is 0 Å². The lowest BCUT2D eigenvalue weighted by atomic mass is 9.95. The number of hydrogen-bond donors (Lipinski definition) is 1. The number of amides is 1. The molecule has 1 aliphatic carbocycles. The Bertz CT molecular complexity index is 857. The van der Waals surface area contributed by atoms with Gasteiger partial charge < -0.3 is 15.0 Å². The van der Waals surface area contributed by atoms with Crippen LogP contribution in [0.1, 0.15) is 48.8 Å². The first-order chi connectivity index (χ1) is 14.7. The molecule has 3 aliphatic rings. The molecule has 0 spiro atoms. The standard InChI is InChI=1S/C22H29F3N2O3S/c1-31(29)21(8-4-19(13-21)26-18-6-10-30-11-7-18)20(28)27-9-5-15-2-3-17(22(23,24)25)12-16(15)14-27/h2-3,12,18-19,26H,4-11,13-14H2,1H3. The molecule has 2 fully saturated rings. The van der Waals surface area contributed by atoms with E-state index in [0.29, 0.717) is 37.4 Å². The summed E-state index contributed by atoms with van der Waals surface area (Å²) in [5, 5.41) is 3.61. The van der Waals surface area contributed by atoms with E-state index in [2.05, 4.69) is 5.32 Å². The summed E-state index contributed by atoms with van der Waals surface area (Å²) in [6.07, 6.45) is 1.32. The van der Waals surface area contributed by atoms with Gasteiger partial charge in [-0.25, -0.2) is 0 Å². The number of carbonyl (C=O) groups excluding carboxylic acids is 1. The van der Waals surface area contributed by atoms with Gasteiger partial charge in [0.15, 0.2) is 0 Å². The molecule has 2 heterocycles. The minimum absolute atomic E-state index is 0.116. The molecule has 9 heteroatoms. The molecule has 1 aromatic carbocycles. The minimum atomic E-state index is -4.41. The molecule has 0 radical (unpaired) electrons. The molecular weight excluding hydrogens is 429 g/mol. The summed E-state index contributed by atoms with van der Waals surface area (Å²) in [6.45, 7) is 2.02. The average molecular weight is 459 g/mol. The molecule has 4 rings (SSSR count). The van der Waals surface area contributed by atoms with Crippen LogP contribution in [0.4, 0.5) is 13.2 Å². The fourth-order valence-corrected chi connectivity index (χ4v) is 6.34. The summed E-state index contributed by atoms with van der Waals surface area (Å²) in [4.78, 5) is 15.2. The van der Waals surface area contributed by atoms with Gasteiger partial charge in [0.05, 0.1) is 5.56 Å². The summed E-state index contributed by atoms with van der Waals surface area (Å²) in [6, 6.07) is 4.22. The Morgan fingerprint density at radius 1 is 1.19 bits per heavy atom. The van der Waals surface area contributed by atoms with Gasteiger partial charge in [-0.15, -0.1) is 0 Å². The van der Waals surface area contributed by atoms with Gasteiger partial charge in [-0.3, -0.25) is 9.00 Å². The van der Waals surface area contributed by atoms with Crippen molar-refractivity contribution in [3.05, 3.63) is 34.9 Å². The number of fused-ring (bicyclic) bond motifs is 1. The Morgan fingerprint density at radius 2 is 1.94 bits per heavy atom. The summed E-state index contributed by atoms with van der Waals surface area (Å²) in [7, 11) is -1.37. The maximum absolute atomic E-state index is 13.6. The van der Waals surface area contributed by atoms with Crippen molar-refractivity contribution < 1.29 is 26.9 Å². The van der Waals surface area contributed by atoms with Crippen molar-refractivity contribution in [2.75, 3.05) is 26.0 Å². The van der Waals surface area contributed by atoms with Crippen molar-refractivity contribution in [2.45, 2.75) is 68.1 Å². The Hall–Kier alpha value is -1.45. The van der Waals surface area contributed by atoms with Gasteiger partial charge >= 0.3 is 6.18 Å². The molecule has 1 N–H and O–H groups in total. The Morgan fingerprint density at radius 3 is 2.61 bits per heavy atom. The van der Waals surface area contributed by atoms with E-state index in [1.54, 1.807) is 11.2 Å². The van der Waals surface area contributed by atoms with Crippen LogP contribution < -0.4 is 5.32 Å². The maximum atomic E-state index is 13.6. The largest absolute Gasteiger partial charge is 0.416 e. The average Bonchev–Trinajstić information content (AvgIpc) is 3.17. The fourth-order valence-electron chi connectivity index (χ4n) is 5.12. The van der Waals surface area contributed by atoms with Crippen LogP contribution in [0, 0.1) is 0 Å². The number of rotatable bonds is 4. The molecule has 1 aromatic rings. The number of benzene rings is 1. The number of carbonyl (C=O) groups is 1. The molecule has 3 atom stereocenters. The summed E-state index contributed by atoms with van der Waals surface area (Å²) in [5.74, 6) is -0.187. The molecule has 1 amide bonds. The number of hydrogen-bond acceptors (Lipinski definition) is 4. The van der Waals surface area contributed by atoms with Gasteiger partial charge in [0.25, 0.3) is 0 Å². The maximum Gasteiger partial charge on any atom is 0.416 e. The Kier molecular flexibility index (Phi) is 6.47. The lowest BCUT2D eigenvalue weighted by Gasteiger charge is -2.36. The van der Waals surface area contributed by atoms with Crippen LogP contribution >= 0.6 is 0 Å². The molecular formula is C22H29F3N2O3S. The topological polar surface area (TPSA) is 58.6 Å². The van der Waals surface area contributed by atoms with Crippen LogP contribution in [0.25, 0.3) is 0 Å². The first kappa shape index (κ1) is 22.7. The summed E-state index contributed by atoms with van der Waals surface area (Å²) >= 11 is 0. The van der Waals surface area contributed by atoms with Crippen molar-refractivity contribution in [3.8, 4) is 0 Å². The van der Waals surface area contributed by atoms with Gasteiger partial charge in [0.1, 0.15) is 4.75 Å². The SMILES string of the molecule is CS(=O)C1(C(=O)N2CCc3ccc(C(F)(F)F)cc3C2)CCC(NC2CCOCC2)C1. The zero-order valence-corrected chi connectivity index (χ0v) is 18.5. The quantitative estimate of drug-likeness (QED) is 0.754. The van der Waals surface area contributed by atoms with Crippen LogP contribution in [0.15, 0.2) is 18.2 Å². The van der Waals surface area contributed by atoms with E-state index in [-0.39, 0.29) is 18.5 Å². The van der Waals surface area contributed by atoms with Gasteiger partial charge in [-0.05, 0) is 61.8 Å². The van der Waals surface area contributed by atoms with E-state index in [1.165, 1.54) is 6.07 Å². The van der Waals surface area contributed by atoms with E-state index >= 15 is 0 Å². The van der Waals surface area contributed by atoms with Crippen LogP contribution in [0.5, 0.6) is 0 Å². The van der Waals surface area contributed by atoms with Gasteiger partial charge in [-0.2, -0.15) is 13.2 Å². The van der Waals surface area contributed by atoms with E-state index < -0.39 is 27.3 Å². The molecule has 172 valence electrons. The van der Waals surface area contributed by atoms with Gasteiger partial charge in [0.2, 0.25) is 5.91 Å². The lowest BCUT2D eigenvalue weighted by molar-refractivity contribution is -0.137. The highest BCUT2D eigenvalue weighted by Gasteiger charge is 2.51. The molecule has 1 saturated carbocycles. The highest BCUT2D eigenvalue weighted by molar-refractivity contribution is 7.86. The third-order valence-corrected chi connectivity index (χ3v) is 8.58. The number of alkyl halides is 3. The van der Waals surface area contributed by atoms with Crippen molar-refractivity contribution in [1.29, 1.82) is 0 Å². The number of ether oxygens (including phenoxy) is 1. The third kappa shape index (κ3) is 4.68. The molecule has 0 aromatic heterocycles. The second-order valence-electron chi connectivity index (χ2n) is 8.90. The smallest absolute Gasteiger partial charge is 0.381 e. The third-order valence-electron chi connectivity index (χ3n) is 6.94. The molecule has 5 nitrogen and oxygen atoms in total. The second kappa shape index (κ2) is 8.83. The van der Waals surface area contributed by atoms with E-state index in [9.17, 15) is 22.2 Å². The van der Waals surface area contributed by atoms with Crippen molar-refractivity contribution in [1.82, 2.24) is 10.2 Å². The van der Waals surface area contributed by atoms with E-state index in [1.807, 2.05) is 0 Å². The van der Waals surface area contributed by atoms with Gasteiger partial charge in [0, 0.05) is 55.4 Å². The predicted octanol–water partition coefficient (Wildman–Crippen LogP) is 3.03. The van der Waals surface area contributed by atoms with Crippen molar-refractivity contribution >= 4 is 16.7 Å². The molecule has 1 saturated heterocycles. The minimum Gasteiger partial charge on any atom is -0.381 e. The van der Waals surface area contributed by atoms with Crippen LogP contribution in [-0.2, 0) is 39.5 Å². The molecule has 0 bridgehead atoms. The predicted molar refractivity (Wildman–Crippen MR) is 112 cm³/mol. The molecule has 2 aliphatic heterocycles. The van der Waals surface area contributed by atoms with E-state index in [0.717, 1.165) is 50.2 Å². The number of halogens is 3. The number of nitrogens with one attached hydrogen (secondary N) is 1. The fraction of sp³-hybridized carbons (Fsp3) is 0.682. The van der Waals surface area contributed by atoms with Crippen molar-refractivity contribution in [2.24, 2.45) is 0 Å². The molecule has 31 heavy (non-hydrogen) atoms. The highest BCUT2D eigenvalue weighted by atomic mass is 32.2. The summed E-state index contributed by atoms with van der Waals surface area (Å²) < 4.78 is 56.6. The second-order valence-corrected chi connectivity index (χ2v) is 10.6. The van der Waals surface area contributed by atoms with Crippen molar-refractivity contribution in [3.63, 3.8) is 0 Å². The normalized spacial score (nSPS) is 28.4. The first-order valence-electron chi connectivity index (χ1n) is 10.8. The lowest BCUT2D eigenvalue weighted by Crippen LogP contribution is -2.52. The summed E-state index contributed by atoms with van der Waals surface area (Å²) in [5.41, 5.74) is 0.673. The van der Waals surface area contributed by atoms with Crippen LogP contribution in [0.3, 0.4) is 0 Å². The zero-order chi connectivity index (χ0) is 22.2.